The molecule has 9 nitrogen and oxygen atoms in total. The first-order valence-electron chi connectivity index (χ1n) is 11.3. The van der Waals surface area contributed by atoms with Crippen molar-refractivity contribution in [1.82, 2.24) is 34.3 Å². The van der Waals surface area contributed by atoms with Gasteiger partial charge < -0.3 is 5.32 Å². The van der Waals surface area contributed by atoms with Crippen LogP contribution in [0.4, 0.5) is 5.69 Å². The molecular weight excluding hydrogens is 464 g/mol. The van der Waals surface area contributed by atoms with Crippen LogP contribution in [0.25, 0.3) is 22.3 Å². The van der Waals surface area contributed by atoms with Crippen molar-refractivity contribution in [3.05, 3.63) is 76.5 Å². The molecule has 0 fully saturated rings. The fourth-order valence-electron chi connectivity index (χ4n) is 4.24. The van der Waals surface area contributed by atoms with E-state index in [1.165, 1.54) is 0 Å². The molecule has 5 rings (SSSR count). The Hall–Kier alpha value is -3.98. The summed E-state index contributed by atoms with van der Waals surface area (Å²) >= 11 is 6.05. The zero-order valence-corrected chi connectivity index (χ0v) is 20.7. The van der Waals surface area contributed by atoms with Gasteiger partial charge in [-0.3, -0.25) is 18.8 Å². The maximum absolute atomic E-state index is 13.4. The predicted molar refractivity (Wildman–Crippen MR) is 136 cm³/mol. The number of fused-ring (bicyclic) bond motifs is 1. The van der Waals surface area contributed by atoms with Gasteiger partial charge in [-0.05, 0) is 39.0 Å². The van der Waals surface area contributed by atoms with Crippen molar-refractivity contribution in [2.75, 3.05) is 5.32 Å². The maximum Gasteiger partial charge on any atom is 0.256 e. The van der Waals surface area contributed by atoms with Gasteiger partial charge in [0, 0.05) is 41.6 Å². The van der Waals surface area contributed by atoms with Crippen LogP contribution in [0.15, 0.2) is 48.9 Å². The van der Waals surface area contributed by atoms with E-state index in [1.807, 2.05) is 50.1 Å². The van der Waals surface area contributed by atoms with E-state index >= 15 is 0 Å². The van der Waals surface area contributed by atoms with Gasteiger partial charge in [0.15, 0.2) is 5.65 Å². The second kappa shape index (κ2) is 8.99. The molecule has 0 saturated heterocycles. The number of nitrogens with zero attached hydrogens (tertiary/aromatic N) is 7. The van der Waals surface area contributed by atoms with Crippen LogP contribution in [0.3, 0.4) is 0 Å². The number of hydrogen-bond acceptors (Lipinski definition) is 5. The first-order valence-corrected chi connectivity index (χ1v) is 11.7. The van der Waals surface area contributed by atoms with Gasteiger partial charge >= 0.3 is 0 Å². The van der Waals surface area contributed by atoms with Gasteiger partial charge in [-0.1, -0.05) is 23.7 Å². The van der Waals surface area contributed by atoms with Crippen LogP contribution < -0.4 is 5.32 Å². The van der Waals surface area contributed by atoms with Gasteiger partial charge in [0.2, 0.25) is 0 Å². The molecule has 1 N–H and O–H groups in total. The lowest BCUT2D eigenvalue weighted by molar-refractivity contribution is 0.102. The summed E-state index contributed by atoms with van der Waals surface area (Å²) in [6, 6.07) is 9.17. The van der Waals surface area contributed by atoms with E-state index in [1.54, 1.807) is 33.8 Å². The molecule has 0 unspecified atom stereocenters. The van der Waals surface area contributed by atoms with Crippen LogP contribution in [0.5, 0.6) is 0 Å². The maximum atomic E-state index is 13.4. The quantitative estimate of drug-likeness (QED) is 0.376. The minimum Gasteiger partial charge on any atom is -0.319 e. The topological polar surface area (TPSA) is 95.5 Å². The number of aromatic nitrogens is 7. The standard InChI is InChI=1S/C25H25ClN8O/c1-5-34-16(3)18(11-28-34)13-33-14-20(12-27-33)29-25(35)21-10-22(17-6-8-19(26)9-7-17)30-24-23(21)15(2)31-32(24)4/h6-12,14H,5,13H2,1-4H3,(H,29,35). The number of anilines is 1. The van der Waals surface area contributed by atoms with E-state index in [0.717, 1.165) is 34.4 Å². The number of amides is 1. The SMILES string of the molecule is CCn1ncc(Cn2cc(NC(=O)c3cc(-c4ccc(Cl)cc4)nc4c3c(C)nn4C)cn2)c1C. The molecule has 0 aliphatic rings. The number of aryl methyl sites for hydroxylation is 3. The number of benzene rings is 1. The Morgan fingerprint density at radius 1 is 1.11 bits per heavy atom. The Kier molecular flexibility index (Phi) is 5.86. The van der Waals surface area contributed by atoms with Crippen LogP contribution in [-0.2, 0) is 20.1 Å². The van der Waals surface area contributed by atoms with Gasteiger partial charge in [-0.15, -0.1) is 0 Å². The summed E-state index contributed by atoms with van der Waals surface area (Å²) in [5.74, 6) is -0.252. The summed E-state index contributed by atoms with van der Waals surface area (Å²) < 4.78 is 5.43. The summed E-state index contributed by atoms with van der Waals surface area (Å²) in [6.07, 6.45) is 5.32. The molecule has 0 bridgehead atoms. The number of nitrogens with one attached hydrogen (secondary N) is 1. The lowest BCUT2D eigenvalue weighted by atomic mass is 10.0. The van der Waals surface area contributed by atoms with Crippen LogP contribution in [-0.4, -0.2) is 40.2 Å². The highest BCUT2D eigenvalue weighted by Gasteiger charge is 2.20. The average Bonchev–Trinajstić information content (AvgIpc) is 3.52. The van der Waals surface area contributed by atoms with Crippen LogP contribution in [0, 0.1) is 13.8 Å². The van der Waals surface area contributed by atoms with E-state index in [2.05, 4.69) is 27.5 Å². The van der Waals surface area contributed by atoms with Crippen molar-refractivity contribution in [3.63, 3.8) is 0 Å². The largest absolute Gasteiger partial charge is 0.319 e. The molecule has 5 aromatic rings. The van der Waals surface area contributed by atoms with Crippen molar-refractivity contribution >= 4 is 34.2 Å². The molecule has 4 heterocycles. The lowest BCUT2D eigenvalue weighted by Crippen LogP contribution is -2.13. The molecule has 0 saturated carbocycles. The number of rotatable bonds is 6. The minimum atomic E-state index is -0.252. The number of halogens is 1. The Morgan fingerprint density at radius 2 is 1.89 bits per heavy atom. The average molecular weight is 489 g/mol. The molecule has 1 amide bonds. The Balaban J connectivity index is 1.46. The lowest BCUT2D eigenvalue weighted by Gasteiger charge is -2.09. The van der Waals surface area contributed by atoms with Gasteiger partial charge in [0.1, 0.15) is 0 Å². The van der Waals surface area contributed by atoms with Gasteiger partial charge in [0.25, 0.3) is 5.91 Å². The van der Waals surface area contributed by atoms with E-state index in [-0.39, 0.29) is 5.91 Å². The third-order valence-corrected chi connectivity index (χ3v) is 6.33. The van der Waals surface area contributed by atoms with E-state index in [0.29, 0.717) is 34.2 Å². The third-order valence-electron chi connectivity index (χ3n) is 6.08. The van der Waals surface area contributed by atoms with Crippen molar-refractivity contribution in [2.45, 2.75) is 33.9 Å². The van der Waals surface area contributed by atoms with Crippen molar-refractivity contribution in [3.8, 4) is 11.3 Å². The number of pyridine rings is 1. The highest BCUT2D eigenvalue weighted by Crippen LogP contribution is 2.28. The number of carbonyl (C=O) groups is 1. The molecule has 1 aromatic carbocycles. The summed E-state index contributed by atoms with van der Waals surface area (Å²) in [5, 5.41) is 17.6. The van der Waals surface area contributed by atoms with E-state index < -0.39 is 0 Å². The summed E-state index contributed by atoms with van der Waals surface area (Å²) in [7, 11) is 1.82. The highest BCUT2D eigenvalue weighted by atomic mass is 35.5. The Labute approximate surface area is 207 Å². The number of hydrogen-bond donors (Lipinski definition) is 1. The number of carbonyl (C=O) groups excluding carboxylic acids is 1. The molecule has 0 radical (unpaired) electrons. The molecule has 0 aliphatic heterocycles. The monoisotopic (exact) mass is 488 g/mol. The van der Waals surface area contributed by atoms with E-state index in [4.69, 9.17) is 16.6 Å². The summed E-state index contributed by atoms with van der Waals surface area (Å²) in [5.41, 5.74) is 6.20. The van der Waals surface area contributed by atoms with E-state index in [9.17, 15) is 4.79 Å². The molecule has 0 atom stereocenters. The third kappa shape index (κ3) is 4.30. The molecule has 0 aliphatic carbocycles. The predicted octanol–water partition coefficient (Wildman–Crippen LogP) is 4.62. The molecule has 35 heavy (non-hydrogen) atoms. The van der Waals surface area contributed by atoms with Crippen LogP contribution in [0.2, 0.25) is 5.02 Å². The van der Waals surface area contributed by atoms with Crippen LogP contribution >= 0.6 is 11.6 Å². The van der Waals surface area contributed by atoms with Gasteiger partial charge in [0.05, 0.1) is 47.0 Å². The summed E-state index contributed by atoms with van der Waals surface area (Å²) in [6.45, 7) is 7.37. The normalized spacial score (nSPS) is 11.3. The van der Waals surface area contributed by atoms with Crippen molar-refractivity contribution in [1.29, 1.82) is 0 Å². The highest BCUT2D eigenvalue weighted by molar-refractivity contribution is 6.30. The van der Waals surface area contributed by atoms with Crippen LogP contribution in [0.1, 0.15) is 34.2 Å². The zero-order chi connectivity index (χ0) is 24.7. The van der Waals surface area contributed by atoms with Crippen molar-refractivity contribution < 1.29 is 4.79 Å². The molecular formula is C25H25ClN8O. The Morgan fingerprint density at radius 3 is 2.60 bits per heavy atom. The molecule has 178 valence electrons. The minimum absolute atomic E-state index is 0.252. The second-order valence-corrected chi connectivity index (χ2v) is 8.86. The van der Waals surface area contributed by atoms with Gasteiger partial charge in [-0.25, -0.2) is 4.98 Å². The Bertz CT molecular complexity index is 1540. The second-order valence-electron chi connectivity index (χ2n) is 8.42. The molecule has 10 heteroatoms. The van der Waals surface area contributed by atoms with Gasteiger partial charge in [-0.2, -0.15) is 15.3 Å². The fourth-order valence-corrected chi connectivity index (χ4v) is 4.37. The molecule has 4 aromatic heterocycles. The summed E-state index contributed by atoms with van der Waals surface area (Å²) in [4.78, 5) is 18.2. The fraction of sp³-hybridized carbons (Fsp3) is 0.240. The first kappa shape index (κ1) is 22.8. The van der Waals surface area contributed by atoms with Crippen molar-refractivity contribution in [2.24, 2.45) is 7.05 Å². The molecule has 0 spiro atoms. The zero-order valence-electron chi connectivity index (χ0n) is 19.9. The smallest absolute Gasteiger partial charge is 0.256 e. The first-order chi connectivity index (χ1) is 16.8.